The van der Waals surface area contributed by atoms with Gasteiger partial charge in [0, 0.05) is 42.5 Å². The fraction of sp³-hybridized carbons (Fsp3) is 0.409. The van der Waals surface area contributed by atoms with Gasteiger partial charge in [-0.2, -0.15) is 28.2 Å². The molecule has 33 heavy (non-hydrogen) atoms. The molecule has 1 aliphatic rings. The van der Waals surface area contributed by atoms with E-state index in [1.54, 1.807) is 30.1 Å². The second-order valence-electron chi connectivity index (χ2n) is 8.05. The molecule has 0 aliphatic carbocycles. The number of pyridine rings is 2. The van der Waals surface area contributed by atoms with Crippen molar-refractivity contribution in [1.29, 1.82) is 0 Å². The van der Waals surface area contributed by atoms with Crippen LogP contribution in [0.25, 0.3) is 11.1 Å². The standard InChI is InChI=1S/C22H25F3N6O2/c1-13-16-5-7-19(29-21(16)33-15(12-30(13)2)9-22(23,24)25)27-18-8-6-17(20(28-18)32-4)14-10-26-31(3)11-14/h5-8,10-11,13,15H,9,12H2,1-4H3,(H,27,28,29). The first-order chi connectivity index (χ1) is 15.6. The van der Waals surface area contributed by atoms with Gasteiger partial charge in [-0.1, -0.05) is 0 Å². The Morgan fingerprint density at radius 2 is 1.88 bits per heavy atom. The van der Waals surface area contributed by atoms with E-state index in [1.807, 2.05) is 37.2 Å². The lowest BCUT2D eigenvalue weighted by molar-refractivity contribution is -0.152. The van der Waals surface area contributed by atoms with Crippen LogP contribution in [0.2, 0.25) is 0 Å². The first-order valence-electron chi connectivity index (χ1n) is 10.4. The van der Waals surface area contributed by atoms with Crippen molar-refractivity contribution in [1.82, 2.24) is 24.6 Å². The van der Waals surface area contributed by atoms with Gasteiger partial charge in [0.25, 0.3) is 0 Å². The highest BCUT2D eigenvalue weighted by molar-refractivity contribution is 5.70. The van der Waals surface area contributed by atoms with Crippen LogP contribution >= 0.6 is 0 Å². The molecule has 11 heteroatoms. The highest BCUT2D eigenvalue weighted by Crippen LogP contribution is 2.36. The second-order valence-corrected chi connectivity index (χ2v) is 8.05. The van der Waals surface area contributed by atoms with Gasteiger partial charge in [0.2, 0.25) is 11.8 Å². The summed E-state index contributed by atoms with van der Waals surface area (Å²) in [6.45, 7) is 2.06. The number of likely N-dealkylation sites (N-methyl/N-ethyl adjacent to an activating group) is 1. The summed E-state index contributed by atoms with van der Waals surface area (Å²) in [6.07, 6.45) is -2.84. The van der Waals surface area contributed by atoms with E-state index < -0.39 is 18.7 Å². The third-order valence-electron chi connectivity index (χ3n) is 5.56. The van der Waals surface area contributed by atoms with Crippen LogP contribution in [0.3, 0.4) is 0 Å². The van der Waals surface area contributed by atoms with E-state index in [-0.39, 0.29) is 18.5 Å². The lowest BCUT2D eigenvalue weighted by Crippen LogP contribution is -2.35. The summed E-state index contributed by atoms with van der Waals surface area (Å²) in [5.41, 5.74) is 2.37. The minimum absolute atomic E-state index is 0.142. The highest BCUT2D eigenvalue weighted by Gasteiger charge is 2.37. The summed E-state index contributed by atoms with van der Waals surface area (Å²) < 4.78 is 51.9. The van der Waals surface area contributed by atoms with Gasteiger partial charge in [0.05, 0.1) is 19.7 Å². The molecular weight excluding hydrogens is 437 g/mol. The topological polar surface area (TPSA) is 77.3 Å². The van der Waals surface area contributed by atoms with Crippen LogP contribution in [0, 0.1) is 0 Å². The Hall–Kier alpha value is -3.34. The number of aryl methyl sites for hydroxylation is 1. The van der Waals surface area contributed by atoms with Crippen LogP contribution in [-0.4, -0.2) is 57.6 Å². The molecule has 0 saturated heterocycles. The summed E-state index contributed by atoms with van der Waals surface area (Å²) in [7, 11) is 5.13. The second kappa shape index (κ2) is 8.89. The number of halogens is 3. The molecule has 0 saturated carbocycles. The molecule has 1 aliphatic heterocycles. The zero-order valence-corrected chi connectivity index (χ0v) is 18.7. The Morgan fingerprint density at radius 3 is 2.55 bits per heavy atom. The summed E-state index contributed by atoms with van der Waals surface area (Å²) in [5.74, 6) is 1.46. The maximum atomic E-state index is 13.0. The molecule has 2 atom stereocenters. The van der Waals surface area contributed by atoms with E-state index in [4.69, 9.17) is 9.47 Å². The number of methoxy groups -OCH3 is 1. The van der Waals surface area contributed by atoms with E-state index in [0.717, 1.165) is 16.7 Å². The van der Waals surface area contributed by atoms with Gasteiger partial charge in [0.15, 0.2) is 0 Å². The summed E-state index contributed by atoms with van der Waals surface area (Å²) in [5, 5.41) is 7.25. The van der Waals surface area contributed by atoms with Crippen molar-refractivity contribution in [2.24, 2.45) is 7.05 Å². The SMILES string of the molecule is COc1nc(Nc2ccc3c(n2)OC(CC(F)(F)F)CN(C)C3C)ccc1-c1cnn(C)c1. The molecule has 0 fully saturated rings. The third-order valence-corrected chi connectivity index (χ3v) is 5.56. The molecule has 0 aromatic carbocycles. The average molecular weight is 462 g/mol. The largest absolute Gasteiger partial charge is 0.480 e. The first-order valence-corrected chi connectivity index (χ1v) is 10.4. The van der Waals surface area contributed by atoms with E-state index in [2.05, 4.69) is 20.4 Å². The number of aromatic nitrogens is 4. The maximum Gasteiger partial charge on any atom is 0.392 e. The fourth-order valence-electron chi connectivity index (χ4n) is 3.79. The van der Waals surface area contributed by atoms with Gasteiger partial charge in [-0.05, 0) is 38.2 Å². The molecule has 0 bridgehead atoms. The Morgan fingerprint density at radius 1 is 1.15 bits per heavy atom. The molecule has 0 amide bonds. The average Bonchev–Trinajstić information content (AvgIpc) is 3.13. The molecule has 8 nitrogen and oxygen atoms in total. The smallest absolute Gasteiger partial charge is 0.392 e. The molecule has 4 rings (SSSR count). The van der Waals surface area contributed by atoms with Crippen molar-refractivity contribution in [3.8, 4) is 22.9 Å². The van der Waals surface area contributed by atoms with E-state index in [0.29, 0.717) is 17.5 Å². The zero-order valence-electron chi connectivity index (χ0n) is 18.7. The normalized spacial score (nSPS) is 18.9. The number of anilines is 2. The predicted octanol–water partition coefficient (Wildman–Crippen LogP) is 4.34. The third kappa shape index (κ3) is 5.19. The monoisotopic (exact) mass is 462 g/mol. The van der Waals surface area contributed by atoms with Gasteiger partial charge >= 0.3 is 6.18 Å². The van der Waals surface area contributed by atoms with Crippen molar-refractivity contribution >= 4 is 11.6 Å². The van der Waals surface area contributed by atoms with Crippen LogP contribution in [0.15, 0.2) is 36.7 Å². The van der Waals surface area contributed by atoms with E-state index >= 15 is 0 Å². The quantitative estimate of drug-likeness (QED) is 0.605. The van der Waals surface area contributed by atoms with Crippen molar-refractivity contribution in [2.45, 2.75) is 31.7 Å². The van der Waals surface area contributed by atoms with Crippen LogP contribution in [0.5, 0.6) is 11.8 Å². The highest BCUT2D eigenvalue weighted by atomic mass is 19.4. The van der Waals surface area contributed by atoms with Gasteiger partial charge < -0.3 is 14.8 Å². The first kappa shape index (κ1) is 22.8. The predicted molar refractivity (Wildman–Crippen MR) is 117 cm³/mol. The minimum Gasteiger partial charge on any atom is -0.480 e. The maximum absolute atomic E-state index is 13.0. The molecule has 2 unspecified atom stereocenters. The molecule has 0 radical (unpaired) electrons. The minimum atomic E-state index is -4.33. The number of nitrogens with one attached hydrogen (secondary N) is 1. The van der Waals surface area contributed by atoms with E-state index in [1.165, 1.54) is 7.11 Å². The Balaban J connectivity index is 1.60. The molecule has 1 N–H and O–H groups in total. The number of rotatable bonds is 5. The summed E-state index contributed by atoms with van der Waals surface area (Å²) in [6, 6.07) is 7.03. The lowest BCUT2D eigenvalue weighted by Gasteiger charge is -2.24. The van der Waals surface area contributed by atoms with Crippen LogP contribution in [0.4, 0.5) is 24.8 Å². The van der Waals surface area contributed by atoms with Crippen molar-refractivity contribution in [2.75, 3.05) is 26.0 Å². The summed E-state index contributed by atoms with van der Waals surface area (Å²) >= 11 is 0. The van der Waals surface area contributed by atoms with E-state index in [9.17, 15) is 13.2 Å². The van der Waals surface area contributed by atoms with Crippen molar-refractivity contribution in [3.63, 3.8) is 0 Å². The molecular formula is C22H25F3N6O2. The summed E-state index contributed by atoms with van der Waals surface area (Å²) in [4.78, 5) is 10.8. The Labute approximate surface area is 189 Å². The van der Waals surface area contributed by atoms with Gasteiger partial charge in [-0.3, -0.25) is 9.58 Å². The number of hydrogen-bond acceptors (Lipinski definition) is 7. The Bertz CT molecular complexity index is 1130. The molecule has 0 spiro atoms. The molecule has 176 valence electrons. The molecule has 4 heterocycles. The fourth-order valence-corrected chi connectivity index (χ4v) is 3.79. The van der Waals surface area contributed by atoms with Crippen molar-refractivity contribution < 1.29 is 22.6 Å². The van der Waals surface area contributed by atoms with Crippen LogP contribution < -0.4 is 14.8 Å². The van der Waals surface area contributed by atoms with Crippen molar-refractivity contribution in [3.05, 3.63) is 42.2 Å². The zero-order chi connectivity index (χ0) is 23.8. The lowest BCUT2D eigenvalue weighted by atomic mass is 10.1. The van der Waals surface area contributed by atoms with Crippen LogP contribution in [-0.2, 0) is 7.05 Å². The Kier molecular flexibility index (Phi) is 6.15. The van der Waals surface area contributed by atoms with Crippen LogP contribution in [0.1, 0.15) is 24.9 Å². The molecule has 3 aromatic heterocycles. The number of ether oxygens (including phenoxy) is 2. The van der Waals surface area contributed by atoms with Gasteiger partial charge in [-0.25, -0.2) is 0 Å². The number of nitrogens with zero attached hydrogens (tertiary/aromatic N) is 5. The number of hydrogen-bond donors (Lipinski definition) is 1. The molecule has 3 aromatic rings. The van der Waals surface area contributed by atoms with Gasteiger partial charge in [-0.15, -0.1) is 0 Å². The number of fused-ring (bicyclic) bond motifs is 1. The van der Waals surface area contributed by atoms with Gasteiger partial charge in [0.1, 0.15) is 17.7 Å². The number of alkyl halides is 3.